The van der Waals surface area contributed by atoms with E-state index in [4.69, 9.17) is 0 Å². The zero-order valence-electron chi connectivity index (χ0n) is 9.70. The van der Waals surface area contributed by atoms with Crippen molar-refractivity contribution >= 4 is 11.4 Å². The quantitative estimate of drug-likeness (QED) is 0.906. The highest BCUT2D eigenvalue weighted by atomic mass is 19.4. The molecule has 0 radical (unpaired) electrons. The Hall–Kier alpha value is -1.98. The molecule has 0 atom stereocenters. The van der Waals surface area contributed by atoms with Crippen LogP contribution in [0.2, 0.25) is 0 Å². The lowest BCUT2D eigenvalue weighted by Crippen LogP contribution is -2.08. The van der Waals surface area contributed by atoms with Gasteiger partial charge in [-0.15, -0.1) is 0 Å². The number of hydrogen-bond donors (Lipinski definition) is 1. The standard InChI is InChI=1S/C12H12F3N3/c1-2-18-8-9(7-16-18)17-11-6-4-3-5-10(11)12(13,14)15/h3-8,17H,2H2,1H3. The summed E-state index contributed by atoms with van der Waals surface area (Å²) in [5.74, 6) is 0. The van der Waals surface area contributed by atoms with Crippen molar-refractivity contribution in [3.8, 4) is 0 Å². The second kappa shape index (κ2) is 4.72. The Kier molecular flexibility index (Phi) is 3.27. The number of anilines is 2. The number of hydrogen-bond acceptors (Lipinski definition) is 2. The Bertz CT molecular complexity index is 531. The fourth-order valence-corrected chi connectivity index (χ4v) is 1.60. The average molecular weight is 255 g/mol. The number of nitrogens with zero attached hydrogens (tertiary/aromatic N) is 2. The smallest absolute Gasteiger partial charge is 0.352 e. The molecule has 0 unspecified atom stereocenters. The van der Waals surface area contributed by atoms with Gasteiger partial charge in [-0.1, -0.05) is 12.1 Å². The average Bonchev–Trinajstić information content (AvgIpc) is 2.76. The molecule has 96 valence electrons. The Balaban J connectivity index is 2.29. The minimum Gasteiger partial charge on any atom is -0.352 e. The molecule has 0 saturated heterocycles. The van der Waals surface area contributed by atoms with Gasteiger partial charge in [0.2, 0.25) is 0 Å². The van der Waals surface area contributed by atoms with Crippen LogP contribution in [-0.4, -0.2) is 9.78 Å². The largest absolute Gasteiger partial charge is 0.418 e. The number of nitrogens with one attached hydrogen (secondary N) is 1. The van der Waals surface area contributed by atoms with Gasteiger partial charge in [0.25, 0.3) is 0 Å². The predicted molar refractivity (Wildman–Crippen MR) is 62.6 cm³/mol. The highest BCUT2D eigenvalue weighted by Crippen LogP contribution is 2.35. The van der Waals surface area contributed by atoms with Crippen LogP contribution in [0.5, 0.6) is 0 Å². The highest BCUT2D eigenvalue weighted by Gasteiger charge is 2.33. The lowest BCUT2D eigenvalue weighted by atomic mass is 10.1. The molecule has 0 saturated carbocycles. The Morgan fingerprint density at radius 2 is 2.00 bits per heavy atom. The molecule has 6 heteroatoms. The van der Waals surface area contributed by atoms with Crippen molar-refractivity contribution in [1.82, 2.24) is 9.78 Å². The molecule has 1 aromatic heterocycles. The Morgan fingerprint density at radius 1 is 1.28 bits per heavy atom. The molecule has 1 heterocycles. The van der Waals surface area contributed by atoms with Gasteiger partial charge in [-0.3, -0.25) is 4.68 Å². The summed E-state index contributed by atoms with van der Waals surface area (Å²) in [6.45, 7) is 2.57. The van der Waals surface area contributed by atoms with E-state index in [9.17, 15) is 13.2 Å². The maximum atomic E-state index is 12.8. The molecule has 0 spiro atoms. The molecule has 0 fully saturated rings. The van der Waals surface area contributed by atoms with Crippen LogP contribution in [-0.2, 0) is 12.7 Å². The van der Waals surface area contributed by atoms with Crippen molar-refractivity contribution in [3.05, 3.63) is 42.2 Å². The Labute approximate surface area is 102 Å². The van der Waals surface area contributed by atoms with E-state index in [2.05, 4.69) is 10.4 Å². The van der Waals surface area contributed by atoms with Crippen molar-refractivity contribution in [1.29, 1.82) is 0 Å². The van der Waals surface area contributed by atoms with Crippen LogP contribution in [0.3, 0.4) is 0 Å². The van der Waals surface area contributed by atoms with Gasteiger partial charge in [0.1, 0.15) is 0 Å². The normalized spacial score (nSPS) is 11.6. The van der Waals surface area contributed by atoms with Gasteiger partial charge in [-0.2, -0.15) is 18.3 Å². The molecule has 1 aromatic carbocycles. The van der Waals surface area contributed by atoms with Crippen LogP contribution in [0.15, 0.2) is 36.7 Å². The third-order valence-electron chi connectivity index (χ3n) is 2.47. The number of alkyl halides is 3. The summed E-state index contributed by atoms with van der Waals surface area (Å²) in [7, 11) is 0. The molecule has 18 heavy (non-hydrogen) atoms. The maximum absolute atomic E-state index is 12.8. The number of benzene rings is 1. The second-order valence-corrected chi connectivity index (χ2v) is 3.75. The third kappa shape index (κ3) is 2.64. The minimum atomic E-state index is -4.37. The van der Waals surface area contributed by atoms with Crippen molar-refractivity contribution in [2.45, 2.75) is 19.6 Å². The summed E-state index contributed by atoms with van der Waals surface area (Å²) in [4.78, 5) is 0. The summed E-state index contributed by atoms with van der Waals surface area (Å²) < 4.78 is 39.9. The lowest BCUT2D eigenvalue weighted by Gasteiger charge is -2.13. The van der Waals surface area contributed by atoms with Crippen molar-refractivity contribution in [3.63, 3.8) is 0 Å². The highest BCUT2D eigenvalue weighted by molar-refractivity contribution is 5.62. The number of aryl methyl sites for hydroxylation is 1. The van der Waals surface area contributed by atoms with Crippen LogP contribution in [0.25, 0.3) is 0 Å². The first-order valence-electron chi connectivity index (χ1n) is 5.46. The number of halogens is 3. The topological polar surface area (TPSA) is 29.9 Å². The van der Waals surface area contributed by atoms with E-state index in [0.717, 1.165) is 6.07 Å². The van der Waals surface area contributed by atoms with E-state index < -0.39 is 11.7 Å². The molecule has 2 rings (SSSR count). The molecule has 1 N–H and O–H groups in total. The molecule has 0 bridgehead atoms. The van der Waals surface area contributed by atoms with Crippen LogP contribution in [0.4, 0.5) is 24.5 Å². The van der Waals surface area contributed by atoms with Crippen molar-refractivity contribution in [2.75, 3.05) is 5.32 Å². The van der Waals surface area contributed by atoms with E-state index in [1.54, 1.807) is 16.9 Å². The molecule has 0 amide bonds. The summed E-state index contributed by atoms with van der Waals surface area (Å²) in [5.41, 5.74) is -0.122. The fraction of sp³-hybridized carbons (Fsp3) is 0.250. The Morgan fingerprint density at radius 3 is 2.61 bits per heavy atom. The number of rotatable bonds is 3. The summed E-state index contributed by atoms with van der Waals surface area (Å²) in [5, 5.41) is 6.73. The minimum absolute atomic E-state index is 0.0284. The molecule has 0 aliphatic rings. The third-order valence-corrected chi connectivity index (χ3v) is 2.47. The van der Waals surface area contributed by atoms with Gasteiger partial charge >= 0.3 is 6.18 Å². The van der Waals surface area contributed by atoms with E-state index in [1.807, 2.05) is 6.92 Å². The van der Waals surface area contributed by atoms with Crippen LogP contribution in [0.1, 0.15) is 12.5 Å². The SMILES string of the molecule is CCn1cc(Nc2ccccc2C(F)(F)F)cn1. The van der Waals surface area contributed by atoms with Crippen molar-refractivity contribution in [2.24, 2.45) is 0 Å². The molecule has 3 nitrogen and oxygen atoms in total. The predicted octanol–water partition coefficient (Wildman–Crippen LogP) is 3.67. The fourth-order valence-electron chi connectivity index (χ4n) is 1.60. The van der Waals surface area contributed by atoms with E-state index in [-0.39, 0.29) is 5.69 Å². The molecule has 0 aliphatic heterocycles. The molecular weight excluding hydrogens is 243 g/mol. The van der Waals surface area contributed by atoms with Crippen LogP contribution >= 0.6 is 0 Å². The van der Waals surface area contributed by atoms with Gasteiger partial charge in [0.15, 0.2) is 0 Å². The number of aromatic nitrogens is 2. The summed E-state index contributed by atoms with van der Waals surface area (Å²) in [6.07, 6.45) is -1.21. The van der Waals surface area contributed by atoms with Crippen LogP contribution in [0, 0.1) is 0 Å². The monoisotopic (exact) mass is 255 g/mol. The molecule has 0 aliphatic carbocycles. The van der Waals surface area contributed by atoms with Gasteiger partial charge in [-0.25, -0.2) is 0 Å². The van der Waals surface area contributed by atoms with Crippen LogP contribution < -0.4 is 5.32 Å². The maximum Gasteiger partial charge on any atom is 0.418 e. The first kappa shape index (κ1) is 12.5. The van der Waals surface area contributed by atoms with Gasteiger partial charge in [-0.05, 0) is 19.1 Å². The van der Waals surface area contributed by atoms with Gasteiger partial charge in [0, 0.05) is 12.7 Å². The van der Waals surface area contributed by atoms with Gasteiger partial charge in [0.05, 0.1) is 23.1 Å². The lowest BCUT2D eigenvalue weighted by molar-refractivity contribution is -0.136. The summed E-state index contributed by atoms with van der Waals surface area (Å²) in [6, 6.07) is 5.37. The van der Waals surface area contributed by atoms with E-state index >= 15 is 0 Å². The first-order valence-corrected chi connectivity index (χ1v) is 5.46. The molecular formula is C12H12F3N3. The van der Waals surface area contributed by atoms with Gasteiger partial charge < -0.3 is 5.32 Å². The first-order chi connectivity index (χ1) is 8.50. The second-order valence-electron chi connectivity index (χ2n) is 3.75. The van der Waals surface area contributed by atoms with Crippen molar-refractivity contribution < 1.29 is 13.2 Å². The number of para-hydroxylation sites is 1. The zero-order chi connectivity index (χ0) is 13.2. The van der Waals surface area contributed by atoms with E-state index in [0.29, 0.717) is 12.2 Å². The van der Waals surface area contributed by atoms with E-state index in [1.165, 1.54) is 18.3 Å². The zero-order valence-corrected chi connectivity index (χ0v) is 9.70. The summed E-state index contributed by atoms with van der Waals surface area (Å²) >= 11 is 0. The molecule has 2 aromatic rings.